The fourth-order valence-corrected chi connectivity index (χ4v) is 5.54. The summed E-state index contributed by atoms with van der Waals surface area (Å²) >= 11 is 5.00. The highest BCUT2D eigenvalue weighted by Crippen LogP contribution is 2.44. The Balaban J connectivity index is 1.70. The van der Waals surface area contributed by atoms with Crippen molar-refractivity contribution in [2.45, 2.75) is 12.8 Å². The fraction of sp³-hybridized carbons (Fsp3) is 0.174. The maximum absolute atomic E-state index is 12.1. The molecule has 34 heavy (non-hydrogen) atoms. The number of hydrogen-bond acceptors (Lipinski definition) is 7. The topological polar surface area (TPSA) is 111 Å². The van der Waals surface area contributed by atoms with Crippen LogP contribution in [0.15, 0.2) is 47.2 Å². The molecule has 2 N–H and O–H groups in total. The molecule has 2 amide bonds. The van der Waals surface area contributed by atoms with Crippen molar-refractivity contribution < 1.29 is 14.3 Å². The number of methoxy groups -OCH3 is 1. The third-order valence-electron chi connectivity index (χ3n) is 5.50. The van der Waals surface area contributed by atoms with Crippen LogP contribution in [0.1, 0.15) is 21.6 Å². The minimum atomic E-state index is -0.566. The van der Waals surface area contributed by atoms with Crippen molar-refractivity contribution in [3.05, 3.63) is 64.0 Å². The van der Waals surface area contributed by atoms with E-state index < -0.39 is 6.09 Å². The molecular formula is C23H19BrN6O3S. The van der Waals surface area contributed by atoms with E-state index >= 15 is 0 Å². The van der Waals surface area contributed by atoms with Gasteiger partial charge in [-0.25, -0.2) is 14.5 Å². The summed E-state index contributed by atoms with van der Waals surface area (Å²) < 4.78 is 7.31. The van der Waals surface area contributed by atoms with Crippen LogP contribution >= 0.6 is 27.3 Å². The number of rotatable bonds is 4. The molecule has 0 spiro atoms. The molecule has 1 aliphatic carbocycles. The van der Waals surface area contributed by atoms with Crippen molar-refractivity contribution in [2.24, 2.45) is 0 Å². The molecule has 0 bridgehead atoms. The molecule has 0 aliphatic heterocycles. The van der Waals surface area contributed by atoms with Gasteiger partial charge in [0.25, 0.3) is 5.91 Å². The molecule has 0 saturated carbocycles. The molecule has 1 aliphatic rings. The predicted molar refractivity (Wildman–Crippen MR) is 132 cm³/mol. The molecule has 0 fully saturated rings. The molecule has 5 rings (SSSR count). The summed E-state index contributed by atoms with van der Waals surface area (Å²) in [5.41, 5.74) is 5.95. The van der Waals surface area contributed by atoms with Gasteiger partial charge in [-0.3, -0.25) is 15.1 Å². The Morgan fingerprint density at radius 1 is 1.24 bits per heavy atom. The third-order valence-corrected chi connectivity index (χ3v) is 7.16. The van der Waals surface area contributed by atoms with Crippen LogP contribution < -0.4 is 10.6 Å². The number of anilines is 1. The number of carbonyl (C=O) groups is 2. The lowest BCUT2D eigenvalue weighted by Crippen LogP contribution is -2.17. The zero-order chi connectivity index (χ0) is 23.8. The number of nitrogens with one attached hydrogen (secondary N) is 2. The van der Waals surface area contributed by atoms with Crippen LogP contribution in [-0.4, -0.2) is 45.9 Å². The number of aryl methyl sites for hydroxylation is 1. The molecule has 0 saturated heterocycles. The molecule has 3 aromatic heterocycles. The Bertz CT molecular complexity index is 1420. The Kier molecular flexibility index (Phi) is 5.88. The quantitative estimate of drug-likeness (QED) is 0.396. The number of pyridine rings is 1. The summed E-state index contributed by atoms with van der Waals surface area (Å²) in [6, 6.07) is 9.26. The second-order valence-corrected chi connectivity index (χ2v) is 9.34. The van der Waals surface area contributed by atoms with E-state index in [1.165, 1.54) is 18.4 Å². The first-order valence-electron chi connectivity index (χ1n) is 10.4. The second kappa shape index (κ2) is 8.99. The molecule has 0 atom stereocenters. The molecule has 0 unspecified atom stereocenters. The average Bonchev–Trinajstić information content (AvgIpc) is 3.44. The van der Waals surface area contributed by atoms with Crippen LogP contribution in [0.5, 0.6) is 0 Å². The molecule has 9 nitrogen and oxygen atoms in total. The highest BCUT2D eigenvalue weighted by Gasteiger charge is 2.30. The number of amides is 2. The zero-order valence-electron chi connectivity index (χ0n) is 18.3. The summed E-state index contributed by atoms with van der Waals surface area (Å²) in [7, 11) is 2.91. The van der Waals surface area contributed by atoms with Crippen molar-refractivity contribution in [1.29, 1.82) is 0 Å². The number of carbonyl (C=O) groups excluding carboxylic acids is 2. The van der Waals surface area contributed by atoms with Gasteiger partial charge in [0.2, 0.25) is 0 Å². The Morgan fingerprint density at radius 2 is 2.09 bits per heavy atom. The van der Waals surface area contributed by atoms with E-state index in [4.69, 9.17) is 9.84 Å². The maximum Gasteiger partial charge on any atom is 0.413 e. The standard InChI is InChI=1S/C23H19BrN6O3S/c1-25-21(31)12-5-8-17(15(24)10-12)30-19-14(18(29-30)13-4-3-9-26-11-13)6-7-16-20(19)34-22(27-16)28-23(32)33-2/h3-5,8-11H,6-7H2,1-2H3,(H,25,31)(H,27,28,32). The lowest BCUT2D eigenvalue weighted by Gasteiger charge is -2.15. The third kappa shape index (κ3) is 3.86. The van der Waals surface area contributed by atoms with Gasteiger partial charge in [0, 0.05) is 40.6 Å². The Hall–Kier alpha value is -3.57. The van der Waals surface area contributed by atoms with Crippen molar-refractivity contribution in [3.8, 4) is 27.5 Å². The monoisotopic (exact) mass is 538 g/mol. The number of fused-ring (bicyclic) bond motifs is 3. The highest BCUT2D eigenvalue weighted by molar-refractivity contribution is 9.10. The molecule has 0 radical (unpaired) electrons. The summed E-state index contributed by atoms with van der Waals surface area (Å²) in [5.74, 6) is -0.172. The summed E-state index contributed by atoms with van der Waals surface area (Å²) in [6.45, 7) is 0. The SMILES string of the molecule is CNC(=O)c1ccc(-n2nc(-c3cccnc3)c3c2-c2sc(NC(=O)OC)nc2CC3)c(Br)c1. The van der Waals surface area contributed by atoms with Gasteiger partial charge < -0.3 is 10.1 Å². The van der Waals surface area contributed by atoms with Crippen molar-refractivity contribution in [3.63, 3.8) is 0 Å². The summed E-state index contributed by atoms with van der Waals surface area (Å²) in [6.07, 6.45) is 4.42. The zero-order valence-corrected chi connectivity index (χ0v) is 20.7. The van der Waals surface area contributed by atoms with Crippen LogP contribution in [0, 0.1) is 0 Å². The van der Waals surface area contributed by atoms with Gasteiger partial charge in [-0.15, -0.1) is 0 Å². The Labute approximate surface area is 207 Å². The smallest absolute Gasteiger partial charge is 0.413 e. The molecule has 172 valence electrons. The summed E-state index contributed by atoms with van der Waals surface area (Å²) in [4.78, 5) is 33.7. The number of aromatic nitrogens is 4. The molecule has 4 aromatic rings. The van der Waals surface area contributed by atoms with E-state index in [2.05, 4.69) is 36.5 Å². The fourth-order valence-electron chi connectivity index (χ4n) is 3.94. The van der Waals surface area contributed by atoms with E-state index in [-0.39, 0.29) is 5.91 Å². The first-order valence-corrected chi connectivity index (χ1v) is 12.0. The highest BCUT2D eigenvalue weighted by atomic mass is 79.9. The molecule has 3 heterocycles. The van der Waals surface area contributed by atoms with Crippen molar-refractivity contribution in [1.82, 2.24) is 25.1 Å². The number of hydrogen-bond donors (Lipinski definition) is 2. The average molecular weight is 539 g/mol. The van der Waals surface area contributed by atoms with Gasteiger partial charge in [-0.2, -0.15) is 5.10 Å². The van der Waals surface area contributed by atoms with Crippen LogP contribution in [0.25, 0.3) is 27.5 Å². The van der Waals surface area contributed by atoms with Crippen molar-refractivity contribution >= 4 is 44.4 Å². The van der Waals surface area contributed by atoms with Crippen LogP contribution in [-0.2, 0) is 17.6 Å². The van der Waals surface area contributed by atoms with Gasteiger partial charge in [-0.1, -0.05) is 11.3 Å². The lowest BCUT2D eigenvalue weighted by atomic mass is 9.95. The van der Waals surface area contributed by atoms with Crippen molar-refractivity contribution in [2.75, 3.05) is 19.5 Å². The first kappa shape index (κ1) is 22.2. The number of ether oxygens (including phenoxy) is 1. The van der Waals surface area contributed by atoms with Gasteiger partial charge >= 0.3 is 6.09 Å². The lowest BCUT2D eigenvalue weighted by molar-refractivity contribution is 0.0963. The summed E-state index contributed by atoms with van der Waals surface area (Å²) in [5, 5.41) is 10.8. The van der Waals surface area contributed by atoms with Gasteiger partial charge in [0.1, 0.15) is 0 Å². The molecule has 1 aromatic carbocycles. The first-order chi connectivity index (χ1) is 16.5. The normalized spacial score (nSPS) is 12.0. The number of benzene rings is 1. The number of halogens is 1. The number of nitrogens with zero attached hydrogens (tertiary/aromatic N) is 4. The second-order valence-electron chi connectivity index (χ2n) is 7.49. The van der Waals surface area contributed by atoms with E-state index in [1.807, 2.05) is 22.9 Å². The van der Waals surface area contributed by atoms with Gasteiger partial charge in [-0.05, 0) is 59.1 Å². The van der Waals surface area contributed by atoms with Crippen LogP contribution in [0.2, 0.25) is 0 Å². The molecular weight excluding hydrogens is 520 g/mol. The van der Waals surface area contributed by atoms with E-state index in [0.29, 0.717) is 10.7 Å². The Morgan fingerprint density at radius 3 is 2.79 bits per heavy atom. The van der Waals surface area contributed by atoms with Gasteiger partial charge in [0.15, 0.2) is 5.13 Å². The number of thiazole rings is 1. The van der Waals surface area contributed by atoms with E-state index in [1.54, 1.807) is 31.6 Å². The van der Waals surface area contributed by atoms with E-state index in [0.717, 1.165) is 56.1 Å². The van der Waals surface area contributed by atoms with E-state index in [9.17, 15) is 9.59 Å². The van der Waals surface area contributed by atoms with Crippen LogP contribution in [0.3, 0.4) is 0 Å². The molecule has 11 heteroatoms. The predicted octanol–water partition coefficient (Wildman–Crippen LogP) is 4.46. The minimum absolute atomic E-state index is 0.172. The minimum Gasteiger partial charge on any atom is -0.453 e. The maximum atomic E-state index is 12.1. The largest absolute Gasteiger partial charge is 0.453 e. The van der Waals surface area contributed by atoms with Gasteiger partial charge in [0.05, 0.1) is 34.8 Å². The van der Waals surface area contributed by atoms with Crippen LogP contribution in [0.4, 0.5) is 9.93 Å².